The largest absolute Gasteiger partial charge is 0.497 e. The van der Waals surface area contributed by atoms with Crippen LogP contribution in [0.4, 0.5) is 0 Å². The van der Waals surface area contributed by atoms with E-state index in [-0.39, 0.29) is 6.23 Å². The third-order valence-corrected chi connectivity index (χ3v) is 2.35. The van der Waals surface area contributed by atoms with Gasteiger partial charge in [0.25, 0.3) is 0 Å². The van der Waals surface area contributed by atoms with Gasteiger partial charge in [-0.15, -0.1) is 0 Å². The fourth-order valence-corrected chi connectivity index (χ4v) is 1.56. The van der Waals surface area contributed by atoms with Gasteiger partial charge in [-0.3, -0.25) is 5.32 Å². The van der Waals surface area contributed by atoms with E-state index in [1.165, 1.54) is 0 Å². The van der Waals surface area contributed by atoms with Crippen molar-refractivity contribution in [3.63, 3.8) is 0 Å². The van der Waals surface area contributed by atoms with Crippen LogP contribution in [-0.2, 0) is 4.74 Å². The molecule has 14 heavy (non-hydrogen) atoms. The average molecular weight is 193 g/mol. The summed E-state index contributed by atoms with van der Waals surface area (Å²) in [5.74, 6) is 0.879. The first kappa shape index (κ1) is 9.49. The molecule has 1 aliphatic rings. The molecule has 1 aromatic carbocycles. The maximum absolute atomic E-state index is 5.59. The summed E-state index contributed by atoms with van der Waals surface area (Å²) in [5.41, 5.74) is 1.16. The lowest BCUT2D eigenvalue weighted by Crippen LogP contribution is -2.30. The molecule has 1 heterocycles. The summed E-state index contributed by atoms with van der Waals surface area (Å²) >= 11 is 0. The molecule has 76 valence electrons. The predicted molar refractivity (Wildman–Crippen MR) is 54.3 cm³/mol. The second-order valence-electron chi connectivity index (χ2n) is 3.33. The second-order valence-corrected chi connectivity index (χ2v) is 3.33. The van der Waals surface area contributed by atoms with Crippen LogP contribution in [0, 0.1) is 0 Å². The summed E-state index contributed by atoms with van der Waals surface area (Å²) in [6, 6.07) is 7.97. The van der Waals surface area contributed by atoms with Gasteiger partial charge in [0.2, 0.25) is 0 Å². The summed E-state index contributed by atoms with van der Waals surface area (Å²) in [4.78, 5) is 0. The summed E-state index contributed by atoms with van der Waals surface area (Å²) < 4.78 is 10.7. The molecular weight excluding hydrogens is 178 g/mol. The zero-order valence-corrected chi connectivity index (χ0v) is 8.32. The molecule has 1 saturated heterocycles. The van der Waals surface area contributed by atoms with Crippen molar-refractivity contribution < 1.29 is 9.47 Å². The molecule has 2 rings (SSSR count). The summed E-state index contributed by atoms with van der Waals surface area (Å²) in [5, 5.41) is 3.31. The van der Waals surface area contributed by atoms with E-state index in [0.717, 1.165) is 30.9 Å². The summed E-state index contributed by atoms with van der Waals surface area (Å²) in [7, 11) is 1.67. The highest BCUT2D eigenvalue weighted by molar-refractivity contribution is 5.28. The Morgan fingerprint density at radius 1 is 1.36 bits per heavy atom. The quantitative estimate of drug-likeness (QED) is 0.775. The van der Waals surface area contributed by atoms with Gasteiger partial charge in [0.05, 0.1) is 13.7 Å². The van der Waals surface area contributed by atoms with Gasteiger partial charge in [0, 0.05) is 6.54 Å². The van der Waals surface area contributed by atoms with E-state index in [1.54, 1.807) is 7.11 Å². The number of ether oxygens (including phenoxy) is 2. The normalized spacial score (nSPS) is 21.9. The zero-order valence-electron chi connectivity index (χ0n) is 8.32. The fraction of sp³-hybridized carbons (Fsp3) is 0.455. The maximum Gasteiger partial charge on any atom is 0.134 e. The molecule has 0 aromatic heterocycles. The zero-order chi connectivity index (χ0) is 9.80. The van der Waals surface area contributed by atoms with Crippen molar-refractivity contribution in [3.8, 4) is 5.75 Å². The lowest BCUT2D eigenvalue weighted by Gasteiger charge is -2.24. The van der Waals surface area contributed by atoms with Crippen LogP contribution >= 0.6 is 0 Å². The van der Waals surface area contributed by atoms with Gasteiger partial charge >= 0.3 is 0 Å². The lowest BCUT2D eigenvalue weighted by atomic mass is 10.1. The Morgan fingerprint density at radius 2 is 2.14 bits per heavy atom. The van der Waals surface area contributed by atoms with E-state index in [1.807, 2.05) is 24.3 Å². The average Bonchev–Trinajstić information content (AvgIpc) is 2.30. The lowest BCUT2D eigenvalue weighted by molar-refractivity contribution is -0.000332. The second kappa shape index (κ2) is 4.44. The van der Waals surface area contributed by atoms with Crippen molar-refractivity contribution in [3.05, 3.63) is 29.8 Å². The van der Waals surface area contributed by atoms with E-state index < -0.39 is 0 Å². The molecule has 0 amide bonds. The van der Waals surface area contributed by atoms with Crippen molar-refractivity contribution in [1.82, 2.24) is 5.32 Å². The molecule has 1 aliphatic heterocycles. The molecule has 0 radical (unpaired) electrons. The standard InChI is InChI=1S/C11H15NO2/c1-13-10-5-3-9(4-6-10)11-12-7-2-8-14-11/h3-6,11-12H,2,7-8H2,1H3. The first-order valence-electron chi connectivity index (χ1n) is 4.89. The molecule has 0 spiro atoms. The minimum atomic E-state index is 0.0506. The Hall–Kier alpha value is -1.06. The first-order chi connectivity index (χ1) is 6.90. The van der Waals surface area contributed by atoms with E-state index in [2.05, 4.69) is 5.32 Å². The monoisotopic (exact) mass is 193 g/mol. The molecule has 0 aliphatic carbocycles. The van der Waals surface area contributed by atoms with Crippen LogP contribution in [0.5, 0.6) is 5.75 Å². The minimum absolute atomic E-state index is 0.0506. The third-order valence-electron chi connectivity index (χ3n) is 2.35. The van der Waals surface area contributed by atoms with E-state index in [0.29, 0.717) is 0 Å². The topological polar surface area (TPSA) is 30.5 Å². The molecule has 0 bridgehead atoms. The molecule has 1 fully saturated rings. The number of hydrogen-bond acceptors (Lipinski definition) is 3. The van der Waals surface area contributed by atoms with Gasteiger partial charge in [-0.1, -0.05) is 12.1 Å². The van der Waals surface area contributed by atoms with Crippen LogP contribution in [0.3, 0.4) is 0 Å². The first-order valence-corrected chi connectivity index (χ1v) is 4.89. The smallest absolute Gasteiger partial charge is 0.134 e. The Kier molecular flexibility index (Phi) is 3.01. The SMILES string of the molecule is COc1ccc(C2NCCCO2)cc1. The molecule has 3 nitrogen and oxygen atoms in total. The number of nitrogens with one attached hydrogen (secondary N) is 1. The van der Waals surface area contributed by atoms with Gasteiger partial charge in [-0.05, 0) is 24.1 Å². The molecular formula is C11H15NO2. The van der Waals surface area contributed by atoms with Gasteiger partial charge in [-0.2, -0.15) is 0 Å². The highest BCUT2D eigenvalue weighted by Crippen LogP contribution is 2.20. The van der Waals surface area contributed by atoms with Gasteiger partial charge in [0.15, 0.2) is 0 Å². The third kappa shape index (κ3) is 2.05. The van der Waals surface area contributed by atoms with E-state index in [9.17, 15) is 0 Å². The number of methoxy groups -OCH3 is 1. The van der Waals surface area contributed by atoms with Gasteiger partial charge in [0.1, 0.15) is 12.0 Å². The van der Waals surface area contributed by atoms with Crippen molar-refractivity contribution >= 4 is 0 Å². The van der Waals surface area contributed by atoms with E-state index in [4.69, 9.17) is 9.47 Å². The van der Waals surface area contributed by atoms with Crippen molar-refractivity contribution in [2.45, 2.75) is 12.6 Å². The molecule has 1 atom stereocenters. The highest BCUT2D eigenvalue weighted by Gasteiger charge is 2.14. The van der Waals surface area contributed by atoms with Crippen LogP contribution in [0.2, 0.25) is 0 Å². The van der Waals surface area contributed by atoms with Crippen molar-refractivity contribution in [2.24, 2.45) is 0 Å². The molecule has 0 saturated carbocycles. The maximum atomic E-state index is 5.59. The Bertz CT molecular complexity index is 278. The van der Waals surface area contributed by atoms with Crippen LogP contribution in [0.25, 0.3) is 0 Å². The van der Waals surface area contributed by atoms with Crippen molar-refractivity contribution in [1.29, 1.82) is 0 Å². The Morgan fingerprint density at radius 3 is 2.71 bits per heavy atom. The van der Waals surface area contributed by atoms with Gasteiger partial charge in [-0.25, -0.2) is 0 Å². The summed E-state index contributed by atoms with van der Waals surface area (Å²) in [6.07, 6.45) is 1.14. The number of rotatable bonds is 2. The minimum Gasteiger partial charge on any atom is -0.497 e. The molecule has 1 aromatic rings. The Labute approximate surface area is 84.0 Å². The molecule has 1 unspecified atom stereocenters. The Balaban J connectivity index is 2.07. The summed E-state index contributed by atoms with van der Waals surface area (Å²) in [6.45, 7) is 1.86. The van der Waals surface area contributed by atoms with Crippen LogP contribution in [-0.4, -0.2) is 20.3 Å². The number of benzene rings is 1. The van der Waals surface area contributed by atoms with Crippen LogP contribution in [0.15, 0.2) is 24.3 Å². The highest BCUT2D eigenvalue weighted by atomic mass is 16.5. The molecule has 1 N–H and O–H groups in total. The predicted octanol–water partition coefficient (Wildman–Crippen LogP) is 1.70. The van der Waals surface area contributed by atoms with Crippen LogP contribution < -0.4 is 10.1 Å². The fourth-order valence-electron chi connectivity index (χ4n) is 1.56. The van der Waals surface area contributed by atoms with E-state index >= 15 is 0 Å². The van der Waals surface area contributed by atoms with Crippen molar-refractivity contribution in [2.75, 3.05) is 20.3 Å². The molecule has 3 heteroatoms. The number of hydrogen-bond donors (Lipinski definition) is 1. The van der Waals surface area contributed by atoms with Crippen LogP contribution in [0.1, 0.15) is 18.2 Å². The van der Waals surface area contributed by atoms with Gasteiger partial charge < -0.3 is 9.47 Å².